The van der Waals surface area contributed by atoms with Gasteiger partial charge in [0.1, 0.15) is 0 Å². The van der Waals surface area contributed by atoms with Crippen LogP contribution in [-0.2, 0) is 14.3 Å². The summed E-state index contributed by atoms with van der Waals surface area (Å²) in [5.41, 5.74) is 0. The van der Waals surface area contributed by atoms with Crippen molar-refractivity contribution in [3.05, 3.63) is 0 Å². The van der Waals surface area contributed by atoms with E-state index in [1.807, 2.05) is 6.92 Å². The first-order chi connectivity index (χ1) is 14.2. The predicted octanol–water partition coefficient (Wildman–Crippen LogP) is 8.53. The van der Waals surface area contributed by atoms with Crippen LogP contribution in [-0.4, -0.2) is 11.9 Å². The summed E-state index contributed by atoms with van der Waals surface area (Å²) in [5.74, 6) is -0.758. The van der Waals surface area contributed by atoms with Crippen molar-refractivity contribution in [2.24, 2.45) is 5.92 Å². The van der Waals surface area contributed by atoms with Crippen LogP contribution in [0, 0.1) is 5.92 Å². The van der Waals surface area contributed by atoms with Crippen molar-refractivity contribution in [2.45, 2.75) is 149 Å². The molecular formula is C26H50O3. The normalized spacial score (nSPS) is 12.1. The molecule has 0 saturated heterocycles. The molecule has 0 aliphatic heterocycles. The van der Waals surface area contributed by atoms with Gasteiger partial charge in [0.25, 0.3) is 0 Å². The Labute approximate surface area is 181 Å². The van der Waals surface area contributed by atoms with Crippen molar-refractivity contribution in [3.63, 3.8) is 0 Å². The van der Waals surface area contributed by atoms with Gasteiger partial charge in [-0.05, 0) is 19.3 Å². The van der Waals surface area contributed by atoms with Crippen LogP contribution in [0.4, 0.5) is 0 Å². The minimum Gasteiger partial charge on any atom is -0.393 e. The van der Waals surface area contributed by atoms with Gasteiger partial charge in [-0.2, -0.15) is 0 Å². The van der Waals surface area contributed by atoms with Crippen LogP contribution in [0.25, 0.3) is 0 Å². The summed E-state index contributed by atoms with van der Waals surface area (Å²) in [6.45, 7) is 6.37. The van der Waals surface area contributed by atoms with Gasteiger partial charge in [-0.15, -0.1) is 0 Å². The highest BCUT2D eigenvalue weighted by Crippen LogP contribution is 2.16. The minimum atomic E-state index is -0.334. The van der Waals surface area contributed by atoms with Crippen LogP contribution in [0.2, 0.25) is 0 Å². The van der Waals surface area contributed by atoms with Crippen molar-refractivity contribution >= 4 is 11.9 Å². The highest BCUT2D eigenvalue weighted by molar-refractivity contribution is 5.86. The van der Waals surface area contributed by atoms with Gasteiger partial charge in [0, 0.05) is 6.42 Å². The van der Waals surface area contributed by atoms with Crippen molar-refractivity contribution < 1.29 is 14.3 Å². The third-order valence-electron chi connectivity index (χ3n) is 5.93. The number of unbranched alkanes of at least 4 members (excludes halogenated alkanes) is 15. The standard InChI is InChI=1S/C26H50O3/c1-4-7-9-10-11-12-13-14-15-16-17-18-19-20-21-23-25(27)29-26(28)24(6-3)22-8-5-2/h24H,4-23H2,1-3H3. The Morgan fingerprint density at radius 2 is 1.00 bits per heavy atom. The molecular weight excluding hydrogens is 360 g/mol. The first-order valence-electron chi connectivity index (χ1n) is 12.9. The van der Waals surface area contributed by atoms with Gasteiger partial charge < -0.3 is 4.74 Å². The third-order valence-corrected chi connectivity index (χ3v) is 5.93. The molecule has 0 radical (unpaired) electrons. The number of carbonyl (C=O) groups excluding carboxylic acids is 2. The quantitative estimate of drug-likeness (QED) is 0.108. The fourth-order valence-electron chi connectivity index (χ4n) is 3.83. The van der Waals surface area contributed by atoms with Gasteiger partial charge in [0.2, 0.25) is 0 Å². The van der Waals surface area contributed by atoms with E-state index in [-0.39, 0.29) is 17.9 Å². The summed E-state index contributed by atoms with van der Waals surface area (Å²) in [7, 11) is 0. The molecule has 29 heavy (non-hydrogen) atoms. The fourth-order valence-corrected chi connectivity index (χ4v) is 3.83. The van der Waals surface area contributed by atoms with Crippen LogP contribution in [0.5, 0.6) is 0 Å². The summed E-state index contributed by atoms with van der Waals surface area (Å²) >= 11 is 0. The molecule has 0 aliphatic rings. The molecule has 0 N–H and O–H groups in total. The molecule has 0 aromatic heterocycles. The lowest BCUT2D eigenvalue weighted by atomic mass is 10.00. The molecule has 0 aliphatic carbocycles. The summed E-state index contributed by atoms with van der Waals surface area (Å²) in [5, 5.41) is 0. The molecule has 3 nitrogen and oxygen atoms in total. The summed E-state index contributed by atoms with van der Waals surface area (Å²) in [6, 6.07) is 0. The van der Waals surface area contributed by atoms with Crippen molar-refractivity contribution in [3.8, 4) is 0 Å². The Hall–Kier alpha value is -0.860. The largest absolute Gasteiger partial charge is 0.393 e. The number of carbonyl (C=O) groups is 2. The average Bonchev–Trinajstić information content (AvgIpc) is 2.71. The third kappa shape index (κ3) is 18.9. The van der Waals surface area contributed by atoms with Gasteiger partial charge in [-0.3, -0.25) is 9.59 Å². The van der Waals surface area contributed by atoms with Crippen LogP contribution in [0.1, 0.15) is 149 Å². The van der Waals surface area contributed by atoms with Gasteiger partial charge in [-0.1, -0.05) is 124 Å². The van der Waals surface area contributed by atoms with E-state index >= 15 is 0 Å². The van der Waals surface area contributed by atoms with Crippen LogP contribution in [0.15, 0.2) is 0 Å². The highest BCUT2D eigenvalue weighted by Gasteiger charge is 2.20. The first-order valence-corrected chi connectivity index (χ1v) is 12.9. The zero-order valence-electron chi connectivity index (χ0n) is 19.9. The predicted molar refractivity (Wildman–Crippen MR) is 124 cm³/mol. The second-order valence-corrected chi connectivity index (χ2v) is 8.74. The lowest BCUT2D eigenvalue weighted by Gasteiger charge is -2.12. The Morgan fingerprint density at radius 3 is 1.41 bits per heavy atom. The van der Waals surface area contributed by atoms with E-state index in [4.69, 9.17) is 4.74 Å². The van der Waals surface area contributed by atoms with E-state index in [9.17, 15) is 9.59 Å². The summed E-state index contributed by atoms with van der Waals surface area (Å²) < 4.78 is 5.04. The minimum absolute atomic E-state index is 0.111. The van der Waals surface area contributed by atoms with Crippen LogP contribution >= 0.6 is 0 Å². The van der Waals surface area contributed by atoms with Gasteiger partial charge in [-0.25, -0.2) is 0 Å². The molecule has 0 spiro atoms. The second-order valence-electron chi connectivity index (χ2n) is 8.74. The zero-order valence-corrected chi connectivity index (χ0v) is 19.9. The molecule has 1 atom stereocenters. The topological polar surface area (TPSA) is 43.4 Å². The molecule has 1 unspecified atom stereocenters. The van der Waals surface area contributed by atoms with Crippen LogP contribution in [0.3, 0.4) is 0 Å². The summed E-state index contributed by atoms with van der Waals surface area (Å²) in [4.78, 5) is 23.8. The van der Waals surface area contributed by atoms with E-state index in [0.29, 0.717) is 6.42 Å². The van der Waals surface area contributed by atoms with E-state index in [0.717, 1.165) is 38.5 Å². The lowest BCUT2D eigenvalue weighted by molar-refractivity contribution is -0.163. The molecule has 0 aromatic carbocycles. The number of ether oxygens (including phenoxy) is 1. The first kappa shape index (κ1) is 28.1. The Kier molecular flexibility index (Phi) is 21.2. The van der Waals surface area contributed by atoms with Gasteiger partial charge in [0.05, 0.1) is 5.92 Å². The number of esters is 2. The van der Waals surface area contributed by atoms with Gasteiger partial charge in [0.15, 0.2) is 0 Å². The molecule has 172 valence electrons. The number of hydrogen-bond acceptors (Lipinski definition) is 3. The Morgan fingerprint density at radius 1 is 0.586 bits per heavy atom. The maximum Gasteiger partial charge on any atom is 0.316 e. The molecule has 0 rings (SSSR count). The maximum atomic E-state index is 12.0. The average molecular weight is 411 g/mol. The smallest absolute Gasteiger partial charge is 0.316 e. The maximum absolute atomic E-state index is 12.0. The fraction of sp³-hybridized carbons (Fsp3) is 0.923. The number of rotatable bonds is 21. The molecule has 0 fully saturated rings. The SMILES string of the molecule is CCCCCCCCCCCCCCCCCC(=O)OC(=O)C(CC)CCCC. The molecule has 0 amide bonds. The van der Waals surface area contributed by atoms with Crippen molar-refractivity contribution in [1.82, 2.24) is 0 Å². The van der Waals surface area contributed by atoms with Crippen molar-refractivity contribution in [1.29, 1.82) is 0 Å². The Bertz CT molecular complexity index is 378. The molecule has 3 heteroatoms. The van der Waals surface area contributed by atoms with Crippen molar-refractivity contribution in [2.75, 3.05) is 0 Å². The number of hydrogen-bond donors (Lipinski definition) is 0. The van der Waals surface area contributed by atoms with Crippen LogP contribution < -0.4 is 0 Å². The monoisotopic (exact) mass is 410 g/mol. The molecule has 0 aromatic rings. The highest BCUT2D eigenvalue weighted by atomic mass is 16.6. The molecule has 0 saturated carbocycles. The van der Waals surface area contributed by atoms with E-state index in [1.165, 1.54) is 83.5 Å². The zero-order chi connectivity index (χ0) is 21.6. The molecule has 0 bridgehead atoms. The Balaban J connectivity index is 3.41. The van der Waals surface area contributed by atoms with E-state index in [2.05, 4.69) is 13.8 Å². The van der Waals surface area contributed by atoms with E-state index in [1.54, 1.807) is 0 Å². The lowest BCUT2D eigenvalue weighted by Crippen LogP contribution is -2.20. The second kappa shape index (κ2) is 21.8. The summed E-state index contributed by atoms with van der Waals surface area (Å²) in [6.07, 6.45) is 23.7. The van der Waals surface area contributed by atoms with Gasteiger partial charge >= 0.3 is 11.9 Å². The van der Waals surface area contributed by atoms with E-state index < -0.39 is 0 Å². The molecule has 0 heterocycles.